The summed E-state index contributed by atoms with van der Waals surface area (Å²) in [6.45, 7) is 7.97. The molecule has 1 fully saturated rings. The maximum Gasteiger partial charge on any atom is 0.243 e. The van der Waals surface area contributed by atoms with E-state index in [0.29, 0.717) is 41.9 Å². The van der Waals surface area contributed by atoms with Crippen LogP contribution in [0, 0.1) is 23.8 Å². The molecule has 3 N–H and O–H groups in total. The first-order valence-electron chi connectivity index (χ1n) is 13.9. The molecular formula is C32H32N8O. The molecule has 1 aliphatic carbocycles. The Balaban J connectivity index is 1.37. The number of carbonyl (C=O) groups excluding carboxylic acids is 1. The van der Waals surface area contributed by atoms with Crippen molar-refractivity contribution in [2.24, 2.45) is 5.92 Å². The fourth-order valence-electron chi connectivity index (χ4n) is 5.15. The molecule has 206 valence electrons. The van der Waals surface area contributed by atoms with Crippen LogP contribution in [0.5, 0.6) is 0 Å². The van der Waals surface area contributed by atoms with Crippen LogP contribution >= 0.6 is 0 Å². The Hall–Kier alpha value is -5.15. The van der Waals surface area contributed by atoms with Crippen molar-refractivity contribution in [1.82, 2.24) is 19.9 Å². The summed E-state index contributed by atoms with van der Waals surface area (Å²) in [7, 11) is 0. The molecule has 9 heteroatoms. The Morgan fingerprint density at radius 2 is 1.78 bits per heavy atom. The number of nitrogens with one attached hydrogen (secondary N) is 3. The van der Waals surface area contributed by atoms with Crippen LogP contribution in [0.25, 0.3) is 10.7 Å². The predicted molar refractivity (Wildman–Crippen MR) is 158 cm³/mol. The molecule has 0 saturated heterocycles. The summed E-state index contributed by atoms with van der Waals surface area (Å²) in [6.07, 6.45) is 9.15. The molecule has 41 heavy (non-hydrogen) atoms. The summed E-state index contributed by atoms with van der Waals surface area (Å²) in [6, 6.07) is 22.1. The molecule has 1 atom stereocenters. The summed E-state index contributed by atoms with van der Waals surface area (Å²) < 4.78 is 1.90. The van der Waals surface area contributed by atoms with E-state index in [2.05, 4.69) is 26.9 Å². The Morgan fingerprint density at radius 3 is 2.51 bits per heavy atom. The normalized spacial score (nSPS) is 13.9. The maximum atomic E-state index is 13.6. The number of hydrogen-bond donors (Lipinski definition) is 3. The second-order valence-electron chi connectivity index (χ2n) is 10.2. The van der Waals surface area contributed by atoms with Crippen molar-refractivity contribution >= 4 is 23.4 Å². The van der Waals surface area contributed by atoms with Crippen molar-refractivity contribution in [2.75, 3.05) is 10.6 Å². The lowest BCUT2D eigenvalue weighted by atomic mass is 9.83. The van der Waals surface area contributed by atoms with Gasteiger partial charge in [0.2, 0.25) is 11.9 Å². The number of nitrogens with zero attached hydrogens (tertiary/aromatic N) is 5. The highest BCUT2D eigenvalue weighted by molar-refractivity contribution is 5.85. The van der Waals surface area contributed by atoms with Gasteiger partial charge in [-0.25, -0.2) is 4.85 Å². The van der Waals surface area contributed by atoms with E-state index in [9.17, 15) is 10.1 Å². The van der Waals surface area contributed by atoms with Gasteiger partial charge in [-0.1, -0.05) is 55.7 Å². The van der Waals surface area contributed by atoms with E-state index < -0.39 is 6.04 Å². The highest BCUT2D eigenvalue weighted by atomic mass is 16.2. The van der Waals surface area contributed by atoms with Gasteiger partial charge in [0.1, 0.15) is 17.7 Å². The van der Waals surface area contributed by atoms with Crippen molar-refractivity contribution < 1.29 is 4.79 Å². The van der Waals surface area contributed by atoms with E-state index in [1.54, 1.807) is 18.2 Å². The fraction of sp³-hybridized carbons (Fsp3) is 0.281. The van der Waals surface area contributed by atoms with Crippen LogP contribution in [0.15, 0.2) is 79.1 Å². The van der Waals surface area contributed by atoms with Crippen molar-refractivity contribution in [2.45, 2.75) is 51.2 Å². The van der Waals surface area contributed by atoms with Gasteiger partial charge in [0.05, 0.1) is 18.2 Å². The second kappa shape index (κ2) is 13.3. The molecular weight excluding hydrogens is 512 g/mol. The Kier molecular flexibility index (Phi) is 8.88. The quantitative estimate of drug-likeness (QED) is 0.212. The van der Waals surface area contributed by atoms with Gasteiger partial charge < -0.3 is 20.5 Å². The van der Waals surface area contributed by atoms with Gasteiger partial charge in [-0.15, -0.1) is 0 Å². The number of aromatic nitrogens is 3. The van der Waals surface area contributed by atoms with Gasteiger partial charge in [0.15, 0.2) is 5.69 Å². The Morgan fingerprint density at radius 1 is 1.00 bits per heavy atom. The van der Waals surface area contributed by atoms with Gasteiger partial charge in [0.25, 0.3) is 0 Å². The highest BCUT2D eigenvalue weighted by Crippen LogP contribution is 2.29. The number of hydrogen-bond acceptors (Lipinski definition) is 6. The van der Waals surface area contributed by atoms with E-state index in [1.165, 1.54) is 6.42 Å². The number of rotatable bonds is 10. The largest absolute Gasteiger partial charge is 0.358 e. The van der Waals surface area contributed by atoms with Gasteiger partial charge in [-0.05, 0) is 54.2 Å². The standard InChI is InChI=1S/C32H32N8O/c1-34-27-14-12-23(13-15-27)21-35-31(41)30(26-10-3-2-4-11-26)37-28-19-29(40-16-5-6-17-40)39-32(38-28)36-22-25-9-7-8-24(18-25)20-33/h5-9,12-19,26,30H,2-4,10-11,21-22H2,(H,35,41)(H2,36,37,38,39). The first kappa shape index (κ1) is 27.4. The zero-order valence-corrected chi connectivity index (χ0v) is 22.8. The molecule has 4 aromatic rings. The van der Waals surface area contributed by atoms with Crippen LogP contribution in [0.3, 0.4) is 0 Å². The molecule has 0 bridgehead atoms. The van der Waals surface area contributed by atoms with E-state index in [-0.39, 0.29) is 11.8 Å². The Bertz CT molecular complexity index is 1540. The van der Waals surface area contributed by atoms with Crippen molar-refractivity contribution in [3.05, 3.63) is 107 Å². The molecule has 0 radical (unpaired) electrons. The Labute approximate surface area is 240 Å². The topological polar surface area (TPSA) is 112 Å². The third-order valence-corrected chi connectivity index (χ3v) is 7.33. The van der Waals surface area contributed by atoms with Crippen LogP contribution in [-0.4, -0.2) is 26.5 Å². The number of benzene rings is 2. The number of anilines is 2. The van der Waals surface area contributed by atoms with Crippen LogP contribution in [0.2, 0.25) is 0 Å². The molecule has 1 amide bonds. The molecule has 0 spiro atoms. The molecule has 2 aromatic carbocycles. The third-order valence-electron chi connectivity index (χ3n) is 7.33. The first-order valence-corrected chi connectivity index (χ1v) is 13.9. The predicted octanol–water partition coefficient (Wildman–Crippen LogP) is 5.98. The van der Waals surface area contributed by atoms with E-state index in [0.717, 1.165) is 36.8 Å². The third kappa shape index (κ3) is 7.28. The maximum absolute atomic E-state index is 13.6. The van der Waals surface area contributed by atoms with Gasteiger partial charge in [0, 0.05) is 31.5 Å². The minimum atomic E-state index is -0.453. The minimum absolute atomic E-state index is 0.0740. The van der Waals surface area contributed by atoms with Crippen LogP contribution < -0.4 is 16.0 Å². The van der Waals surface area contributed by atoms with Crippen molar-refractivity contribution in [3.63, 3.8) is 0 Å². The van der Waals surface area contributed by atoms with Gasteiger partial charge in [-0.2, -0.15) is 15.2 Å². The molecule has 2 heterocycles. The van der Waals surface area contributed by atoms with Crippen LogP contribution in [-0.2, 0) is 17.9 Å². The average molecular weight is 545 g/mol. The summed E-state index contributed by atoms with van der Waals surface area (Å²) in [5, 5.41) is 19.1. The lowest BCUT2D eigenvalue weighted by Crippen LogP contribution is -2.45. The number of amides is 1. The average Bonchev–Trinajstić information content (AvgIpc) is 3.58. The van der Waals surface area contributed by atoms with E-state index in [1.807, 2.05) is 65.5 Å². The smallest absolute Gasteiger partial charge is 0.243 e. The molecule has 9 nitrogen and oxygen atoms in total. The summed E-state index contributed by atoms with van der Waals surface area (Å²) in [5.74, 6) is 1.76. The van der Waals surface area contributed by atoms with Gasteiger partial charge >= 0.3 is 0 Å². The molecule has 5 rings (SSSR count). The summed E-state index contributed by atoms with van der Waals surface area (Å²) in [5.41, 5.74) is 3.05. The number of carbonyl (C=O) groups is 1. The molecule has 1 aliphatic rings. The lowest BCUT2D eigenvalue weighted by molar-refractivity contribution is -0.123. The number of nitriles is 1. The molecule has 0 aliphatic heterocycles. The minimum Gasteiger partial charge on any atom is -0.358 e. The SMILES string of the molecule is [C-]#[N+]c1ccc(CNC(=O)C(Nc2cc(-n3cccc3)nc(NCc3cccc(C#N)c3)n2)C2CCCCC2)cc1. The first-order chi connectivity index (χ1) is 20.1. The van der Waals surface area contributed by atoms with E-state index >= 15 is 0 Å². The lowest BCUT2D eigenvalue weighted by Gasteiger charge is -2.30. The van der Waals surface area contributed by atoms with Crippen molar-refractivity contribution in [3.8, 4) is 11.9 Å². The van der Waals surface area contributed by atoms with Crippen LogP contribution in [0.1, 0.15) is 48.8 Å². The van der Waals surface area contributed by atoms with Gasteiger partial charge in [-0.3, -0.25) is 4.79 Å². The summed E-state index contributed by atoms with van der Waals surface area (Å²) in [4.78, 5) is 26.5. The molecule has 1 unspecified atom stereocenters. The zero-order valence-electron chi connectivity index (χ0n) is 22.8. The molecule has 2 aromatic heterocycles. The second-order valence-corrected chi connectivity index (χ2v) is 10.2. The van der Waals surface area contributed by atoms with E-state index in [4.69, 9.17) is 16.5 Å². The zero-order chi connectivity index (χ0) is 28.4. The highest BCUT2D eigenvalue weighted by Gasteiger charge is 2.30. The monoisotopic (exact) mass is 544 g/mol. The summed E-state index contributed by atoms with van der Waals surface area (Å²) >= 11 is 0. The van der Waals surface area contributed by atoms with Crippen molar-refractivity contribution in [1.29, 1.82) is 5.26 Å². The fourth-order valence-corrected chi connectivity index (χ4v) is 5.15. The molecule has 1 saturated carbocycles. The van der Waals surface area contributed by atoms with Crippen LogP contribution in [0.4, 0.5) is 17.5 Å².